The molecule has 0 bridgehead atoms. The summed E-state index contributed by atoms with van der Waals surface area (Å²) in [6.45, 7) is 1.55. The summed E-state index contributed by atoms with van der Waals surface area (Å²) in [5.41, 5.74) is -0.505. The van der Waals surface area contributed by atoms with Crippen molar-refractivity contribution < 1.29 is 34.1 Å². The van der Waals surface area contributed by atoms with E-state index in [-0.39, 0.29) is 23.5 Å². The molecule has 9 nitrogen and oxygen atoms in total. The maximum atomic E-state index is 12.2. The standard InChI is InChI=1S/C18H15NO8/c1-2-25-18(21)15(27-24)11-13-9-6-10-14(16(13)19(22)23)26-17(20)12-7-4-3-5-8-12/h3-11,24H,2H2,1H3/b15-11-. The highest BCUT2D eigenvalue weighted by atomic mass is 17.1. The Labute approximate surface area is 153 Å². The van der Waals surface area contributed by atoms with Gasteiger partial charge in [-0.15, -0.1) is 0 Å². The molecule has 0 aliphatic carbocycles. The number of benzene rings is 2. The fraction of sp³-hybridized carbons (Fsp3) is 0.111. The zero-order valence-electron chi connectivity index (χ0n) is 14.2. The third-order valence-corrected chi connectivity index (χ3v) is 3.29. The summed E-state index contributed by atoms with van der Waals surface area (Å²) >= 11 is 0. The molecule has 140 valence electrons. The lowest BCUT2D eigenvalue weighted by molar-refractivity contribution is -0.385. The van der Waals surface area contributed by atoms with E-state index < -0.39 is 28.3 Å². The predicted octanol–water partition coefficient (Wildman–Crippen LogP) is 3.21. The highest BCUT2D eigenvalue weighted by Gasteiger charge is 2.24. The number of nitrogens with zero attached hydrogens (tertiary/aromatic N) is 1. The van der Waals surface area contributed by atoms with Gasteiger partial charge in [0.1, 0.15) is 0 Å². The quantitative estimate of drug-likeness (QED) is 0.149. The Bertz CT molecular complexity index is 876. The van der Waals surface area contributed by atoms with E-state index in [1.165, 1.54) is 30.3 Å². The van der Waals surface area contributed by atoms with Crippen LogP contribution in [0.1, 0.15) is 22.8 Å². The van der Waals surface area contributed by atoms with Gasteiger partial charge in [-0.05, 0) is 31.2 Å². The fourth-order valence-electron chi connectivity index (χ4n) is 2.13. The number of rotatable bonds is 7. The Kier molecular flexibility index (Phi) is 6.61. The SMILES string of the molecule is CCOC(=O)/C(=C/c1cccc(OC(=O)c2ccccc2)c1[N+](=O)[O-])OO. The summed E-state index contributed by atoms with van der Waals surface area (Å²) in [5, 5.41) is 20.3. The van der Waals surface area contributed by atoms with Crippen LogP contribution >= 0.6 is 0 Å². The van der Waals surface area contributed by atoms with E-state index in [1.807, 2.05) is 0 Å². The molecule has 1 N–H and O–H groups in total. The zero-order valence-corrected chi connectivity index (χ0v) is 14.2. The number of hydrogen-bond acceptors (Lipinski definition) is 8. The number of esters is 2. The second-order valence-corrected chi connectivity index (χ2v) is 5.03. The summed E-state index contributed by atoms with van der Waals surface area (Å²) in [7, 11) is 0. The van der Waals surface area contributed by atoms with E-state index in [0.717, 1.165) is 6.08 Å². The van der Waals surface area contributed by atoms with Crippen LogP contribution in [-0.2, 0) is 14.4 Å². The van der Waals surface area contributed by atoms with E-state index in [1.54, 1.807) is 25.1 Å². The van der Waals surface area contributed by atoms with Crippen LogP contribution in [0.25, 0.3) is 6.08 Å². The lowest BCUT2D eigenvalue weighted by Gasteiger charge is -2.08. The maximum absolute atomic E-state index is 12.2. The lowest BCUT2D eigenvalue weighted by atomic mass is 10.1. The Morgan fingerprint density at radius 3 is 2.44 bits per heavy atom. The van der Waals surface area contributed by atoms with Crippen LogP contribution in [0.3, 0.4) is 0 Å². The van der Waals surface area contributed by atoms with Gasteiger partial charge in [-0.25, -0.2) is 14.8 Å². The first kappa shape index (κ1) is 19.6. The smallest absolute Gasteiger partial charge is 0.377 e. The first-order valence-corrected chi connectivity index (χ1v) is 7.72. The number of hydrogen-bond donors (Lipinski definition) is 1. The number of para-hydroxylation sites is 1. The molecule has 0 aliphatic heterocycles. The Morgan fingerprint density at radius 2 is 1.85 bits per heavy atom. The third-order valence-electron chi connectivity index (χ3n) is 3.29. The Balaban J connectivity index is 2.43. The Morgan fingerprint density at radius 1 is 1.15 bits per heavy atom. The minimum atomic E-state index is -1.01. The van der Waals surface area contributed by atoms with Crippen molar-refractivity contribution in [2.24, 2.45) is 0 Å². The molecule has 2 rings (SSSR count). The van der Waals surface area contributed by atoms with Gasteiger partial charge in [0.2, 0.25) is 11.5 Å². The van der Waals surface area contributed by atoms with Gasteiger partial charge in [0.25, 0.3) is 0 Å². The summed E-state index contributed by atoms with van der Waals surface area (Å²) in [4.78, 5) is 38.5. The summed E-state index contributed by atoms with van der Waals surface area (Å²) in [5.74, 6) is -2.79. The van der Waals surface area contributed by atoms with Crippen LogP contribution < -0.4 is 4.74 Å². The molecule has 0 saturated carbocycles. The van der Waals surface area contributed by atoms with Crippen LogP contribution in [0, 0.1) is 10.1 Å². The lowest BCUT2D eigenvalue weighted by Crippen LogP contribution is -2.11. The molecule has 0 atom stereocenters. The normalized spacial score (nSPS) is 10.8. The van der Waals surface area contributed by atoms with Crippen molar-refractivity contribution in [2.75, 3.05) is 6.61 Å². The van der Waals surface area contributed by atoms with Crippen LogP contribution in [-0.4, -0.2) is 28.7 Å². The van der Waals surface area contributed by atoms with Crippen LogP contribution in [0.5, 0.6) is 5.75 Å². The molecule has 0 amide bonds. The van der Waals surface area contributed by atoms with Crippen molar-refractivity contribution in [1.29, 1.82) is 0 Å². The highest BCUT2D eigenvalue weighted by Crippen LogP contribution is 2.33. The minimum absolute atomic E-state index is 0.0103. The van der Waals surface area contributed by atoms with Crippen molar-refractivity contribution >= 4 is 23.7 Å². The average molecular weight is 373 g/mol. The number of ether oxygens (including phenoxy) is 2. The van der Waals surface area contributed by atoms with Crippen molar-refractivity contribution in [3.8, 4) is 5.75 Å². The van der Waals surface area contributed by atoms with Gasteiger partial charge in [-0.3, -0.25) is 10.1 Å². The van der Waals surface area contributed by atoms with Gasteiger partial charge in [-0.2, -0.15) is 0 Å². The van der Waals surface area contributed by atoms with Crippen LogP contribution in [0.15, 0.2) is 54.3 Å². The molecule has 0 unspecified atom stereocenters. The Hall–Kier alpha value is -3.72. The second kappa shape index (κ2) is 9.11. The second-order valence-electron chi connectivity index (χ2n) is 5.03. The molecule has 0 spiro atoms. The first-order chi connectivity index (χ1) is 13.0. The van der Waals surface area contributed by atoms with E-state index >= 15 is 0 Å². The number of nitro groups is 1. The molecule has 0 aromatic heterocycles. The summed E-state index contributed by atoms with van der Waals surface area (Å²) in [6, 6.07) is 11.8. The predicted molar refractivity (Wildman–Crippen MR) is 92.8 cm³/mol. The summed E-state index contributed by atoms with van der Waals surface area (Å²) in [6.07, 6.45) is 0.913. The molecule has 0 saturated heterocycles. The largest absolute Gasteiger partial charge is 0.460 e. The van der Waals surface area contributed by atoms with Crippen molar-refractivity contribution in [1.82, 2.24) is 0 Å². The molecule has 9 heteroatoms. The van der Waals surface area contributed by atoms with Gasteiger partial charge < -0.3 is 14.4 Å². The molecule has 0 aliphatic rings. The zero-order chi connectivity index (χ0) is 19.8. The maximum Gasteiger partial charge on any atom is 0.377 e. The average Bonchev–Trinajstić information content (AvgIpc) is 2.66. The fourth-order valence-corrected chi connectivity index (χ4v) is 2.13. The van der Waals surface area contributed by atoms with Gasteiger partial charge in [0.05, 0.1) is 22.7 Å². The van der Waals surface area contributed by atoms with Crippen molar-refractivity contribution in [3.63, 3.8) is 0 Å². The van der Waals surface area contributed by atoms with Crippen molar-refractivity contribution in [2.45, 2.75) is 6.92 Å². The monoisotopic (exact) mass is 373 g/mol. The van der Waals surface area contributed by atoms with Crippen molar-refractivity contribution in [3.05, 3.63) is 75.5 Å². The first-order valence-electron chi connectivity index (χ1n) is 7.72. The molecule has 0 fully saturated rings. The molecule has 27 heavy (non-hydrogen) atoms. The van der Waals surface area contributed by atoms with E-state index in [9.17, 15) is 19.7 Å². The van der Waals surface area contributed by atoms with Gasteiger partial charge in [0, 0.05) is 6.08 Å². The van der Waals surface area contributed by atoms with E-state index in [0.29, 0.717) is 0 Å². The topological polar surface area (TPSA) is 125 Å². The molecular weight excluding hydrogens is 358 g/mol. The van der Waals surface area contributed by atoms with Gasteiger partial charge in [-0.1, -0.05) is 24.3 Å². The third kappa shape index (κ3) is 4.89. The summed E-state index contributed by atoms with van der Waals surface area (Å²) < 4.78 is 9.80. The number of nitro benzene ring substituents is 1. The highest BCUT2D eigenvalue weighted by molar-refractivity contribution is 5.93. The van der Waals surface area contributed by atoms with Gasteiger partial charge >= 0.3 is 17.6 Å². The molecule has 2 aromatic carbocycles. The molecule has 0 radical (unpaired) electrons. The van der Waals surface area contributed by atoms with E-state index in [4.69, 9.17) is 9.99 Å². The van der Waals surface area contributed by atoms with Crippen LogP contribution in [0.4, 0.5) is 5.69 Å². The number of carbonyl (C=O) groups excluding carboxylic acids is 2. The molecule has 2 aromatic rings. The van der Waals surface area contributed by atoms with E-state index in [2.05, 4.69) is 9.62 Å². The van der Waals surface area contributed by atoms with Crippen LogP contribution in [0.2, 0.25) is 0 Å². The molecular formula is C18H15NO8. The minimum Gasteiger partial charge on any atom is -0.460 e. The van der Waals surface area contributed by atoms with Gasteiger partial charge in [0.15, 0.2) is 0 Å². The molecule has 0 heterocycles. The number of carbonyl (C=O) groups is 2.